The third-order valence-corrected chi connectivity index (χ3v) is 1.94. The second-order valence-electron chi connectivity index (χ2n) is 2.20. The van der Waals surface area contributed by atoms with E-state index in [1.54, 1.807) is 6.07 Å². The van der Waals surface area contributed by atoms with Crippen molar-refractivity contribution in [3.05, 3.63) is 16.8 Å². The van der Waals surface area contributed by atoms with E-state index in [2.05, 4.69) is 15.6 Å². The summed E-state index contributed by atoms with van der Waals surface area (Å²) < 4.78 is 0. The first kappa shape index (κ1) is 9.53. The molecule has 0 aliphatic heterocycles. The molecule has 0 saturated heterocycles. The molecule has 2 amide bonds. The van der Waals surface area contributed by atoms with Crippen LogP contribution in [0.4, 0.5) is 10.5 Å². The first-order chi connectivity index (χ1) is 6.22. The van der Waals surface area contributed by atoms with Crippen molar-refractivity contribution in [1.82, 2.24) is 5.32 Å². The fourth-order valence-electron chi connectivity index (χ4n) is 0.670. The van der Waals surface area contributed by atoms with E-state index < -0.39 is 0 Å². The van der Waals surface area contributed by atoms with Gasteiger partial charge >= 0.3 is 6.03 Å². The largest absolute Gasteiger partial charge is 0.370 e. The molecule has 0 aliphatic rings. The molecule has 1 rings (SSSR count). The zero-order valence-corrected chi connectivity index (χ0v) is 7.89. The topological polar surface area (TPSA) is 79.5 Å². The summed E-state index contributed by atoms with van der Waals surface area (Å²) in [6.45, 7) is 0. The molecule has 13 heavy (non-hydrogen) atoms. The Bertz CT molecular complexity index is 306. The Morgan fingerprint density at radius 1 is 1.69 bits per heavy atom. The van der Waals surface area contributed by atoms with Gasteiger partial charge in [-0.1, -0.05) is 0 Å². The summed E-state index contributed by atoms with van der Waals surface area (Å²) in [5.41, 5.74) is 6.03. The van der Waals surface area contributed by atoms with E-state index >= 15 is 0 Å². The van der Waals surface area contributed by atoms with Crippen molar-refractivity contribution < 1.29 is 4.79 Å². The van der Waals surface area contributed by atoms with Crippen molar-refractivity contribution >= 4 is 29.0 Å². The van der Waals surface area contributed by atoms with Crippen LogP contribution >= 0.6 is 11.3 Å². The zero-order chi connectivity index (χ0) is 9.68. The van der Waals surface area contributed by atoms with Crippen molar-refractivity contribution in [3.63, 3.8) is 0 Å². The molecule has 0 unspecified atom stereocenters. The van der Waals surface area contributed by atoms with Crippen LogP contribution in [0.25, 0.3) is 0 Å². The van der Waals surface area contributed by atoms with Gasteiger partial charge in [0.15, 0.2) is 5.96 Å². The van der Waals surface area contributed by atoms with Gasteiger partial charge in [0.1, 0.15) is 0 Å². The Morgan fingerprint density at radius 3 is 3.00 bits per heavy atom. The average molecular weight is 198 g/mol. The van der Waals surface area contributed by atoms with E-state index in [-0.39, 0.29) is 12.0 Å². The molecular weight excluding hydrogens is 188 g/mol. The molecule has 0 atom stereocenters. The second-order valence-corrected chi connectivity index (χ2v) is 2.98. The number of amides is 2. The molecule has 70 valence electrons. The number of hydrogen-bond acceptors (Lipinski definition) is 3. The molecule has 0 bridgehead atoms. The number of rotatable bonds is 1. The van der Waals surface area contributed by atoms with Crippen LogP contribution < -0.4 is 16.4 Å². The molecule has 1 aromatic rings. The number of aliphatic imine (C=N–C) groups is 1. The molecule has 1 heterocycles. The van der Waals surface area contributed by atoms with Crippen molar-refractivity contribution in [3.8, 4) is 0 Å². The summed E-state index contributed by atoms with van der Waals surface area (Å²) in [5.74, 6) is 0.0905. The Balaban J connectivity index is 2.43. The van der Waals surface area contributed by atoms with Crippen LogP contribution in [0.1, 0.15) is 0 Å². The van der Waals surface area contributed by atoms with Crippen LogP contribution in [0.15, 0.2) is 21.8 Å². The number of nitrogens with zero attached hydrogens (tertiary/aromatic N) is 1. The Hall–Kier alpha value is -1.56. The van der Waals surface area contributed by atoms with Crippen LogP contribution in [0.5, 0.6) is 0 Å². The number of thiophene rings is 1. The van der Waals surface area contributed by atoms with Crippen LogP contribution in [-0.2, 0) is 0 Å². The number of urea groups is 1. The van der Waals surface area contributed by atoms with E-state index in [0.29, 0.717) is 0 Å². The number of carbonyl (C=O) groups is 1. The average Bonchev–Trinajstić information content (AvgIpc) is 2.56. The van der Waals surface area contributed by atoms with Gasteiger partial charge in [0.05, 0.1) is 5.69 Å². The predicted molar refractivity (Wildman–Crippen MR) is 54.0 cm³/mol. The second kappa shape index (κ2) is 4.46. The summed E-state index contributed by atoms with van der Waals surface area (Å²) in [6, 6.07) is 1.41. The van der Waals surface area contributed by atoms with Gasteiger partial charge in [-0.3, -0.25) is 10.3 Å². The zero-order valence-electron chi connectivity index (χ0n) is 7.07. The molecule has 0 fully saturated rings. The van der Waals surface area contributed by atoms with Gasteiger partial charge in [0.25, 0.3) is 0 Å². The van der Waals surface area contributed by atoms with E-state index in [0.717, 1.165) is 5.69 Å². The fourth-order valence-corrected chi connectivity index (χ4v) is 1.26. The maximum atomic E-state index is 11.1. The minimum absolute atomic E-state index is 0.0905. The van der Waals surface area contributed by atoms with Gasteiger partial charge in [0.2, 0.25) is 0 Å². The standard InChI is InChI=1S/C7H10N4OS/c1-9-6(8)11-7(12)10-5-2-3-13-4-5/h2-4H,1H3,(H4,8,9,10,11,12). The van der Waals surface area contributed by atoms with Crippen LogP contribution in [-0.4, -0.2) is 19.0 Å². The lowest BCUT2D eigenvalue weighted by Gasteiger charge is -2.03. The molecular formula is C7H10N4OS. The van der Waals surface area contributed by atoms with Crippen molar-refractivity contribution in [1.29, 1.82) is 0 Å². The fraction of sp³-hybridized carbons (Fsp3) is 0.143. The van der Waals surface area contributed by atoms with E-state index in [1.165, 1.54) is 18.4 Å². The molecule has 0 spiro atoms. The van der Waals surface area contributed by atoms with Gasteiger partial charge in [-0.25, -0.2) is 4.79 Å². The van der Waals surface area contributed by atoms with Gasteiger partial charge in [-0.05, 0) is 11.4 Å². The maximum absolute atomic E-state index is 11.1. The Labute approximate surface area is 79.7 Å². The van der Waals surface area contributed by atoms with Crippen LogP contribution in [0.3, 0.4) is 0 Å². The SMILES string of the molecule is CN=C(N)NC(=O)Nc1ccsc1. The van der Waals surface area contributed by atoms with Crippen molar-refractivity contribution in [2.45, 2.75) is 0 Å². The smallest absolute Gasteiger partial charge is 0.326 e. The molecule has 5 nitrogen and oxygen atoms in total. The first-order valence-electron chi connectivity index (χ1n) is 3.55. The number of nitrogens with one attached hydrogen (secondary N) is 2. The van der Waals surface area contributed by atoms with Gasteiger partial charge in [-0.15, -0.1) is 0 Å². The molecule has 0 aliphatic carbocycles. The molecule has 0 radical (unpaired) electrons. The normalized spacial score (nSPS) is 11.0. The number of carbonyl (C=O) groups excluding carboxylic acids is 1. The maximum Gasteiger partial charge on any atom is 0.326 e. The summed E-state index contributed by atoms with van der Waals surface area (Å²) in [5, 5.41) is 8.62. The highest BCUT2D eigenvalue weighted by Gasteiger charge is 2.01. The van der Waals surface area contributed by atoms with E-state index in [4.69, 9.17) is 5.73 Å². The lowest BCUT2D eigenvalue weighted by molar-refractivity contribution is 0.256. The summed E-state index contributed by atoms with van der Waals surface area (Å²) >= 11 is 1.50. The third-order valence-electron chi connectivity index (χ3n) is 1.26. The molecule has 0 aromatic carbocycles. The highest BCUT2D eigenvalue weighted by atomic mass is 32.1. The van der Waals surface area contributed by atoms with Gasteiger partial charge in [0, 0.05) is 12.4 Å². The van der Waals surface area contributed by atoms with Gasteiger partial charge < -0.3 is 11.1 Å². The number of nitrogens with two attached hydrogens (primary N) is 1. The van der Waals surface area contributed by atoms with Gasteiger partial charge in [-0.2, -0.15) is 11.3 Å². The highest BCUT2D eigenvalue weighted by Crippen LogP contribution is 2.10. The summed E-state index contributed by atoms with van der Waals surface area (Å²) in [7, 11) is 1.50. The summed E-state index contributed by atoms with van der Waals surface area (Å²) in [4.78, 5) is 14.7. The number of hydrogen-bond donors (Lipinski definition) is 3. The van der Waals surface area contributed by atoms with Crippen LogP contribution in [0.2, 0.25) is 0 Å². The Morgan fingerprint density at radius 2 is 2.46 bits per heavy atom. The van der Waals surface area contributed by atoms with Crippen molar-refractivity contribution in [2.75, 3.05) is 12.4 Å². The van der Waals surface area contributed by atoms with Crippen molar-refractivity contribution in [2.24, 2.45) is 10.7 Å². The monoisotopic (exact) mass is 198 g/mol. The molecule has 4 N–H and O–H groups in total. The molecule has 0 saturated carbocycles. The lowest BCUT2D eigenvalue weighted by Crippen LogP contribution is -2.39. The third kappa shape index (κ3) is 3.12. The van der Waals surface area contributed by atoms with E-state index in [9.17, 15) is 4.79 Å². The number of anilines is 1. The number of guanidine groups is 1. The predicted octanol–water partition coefficient (Wildman–Crippen LogP) is 0.814. The highest BCUT2D eigenvalue weighted by molar-refractivity contribution is 7.08. The molecule has 6 heteroatoms. The van der Waals surface area contributed by atoms with E-state index in [1.807, 2.05) is 10.8 Å². The molecule has 1 aromatic heterocycles. The lowest BCUT2D eigenvalue weighted by atomic mass is 10.5. The van der Waals surface area contributed by atoms with Crippen LogP contribution in [0, 0.1) is 0 Å². The minimum atomic E-state index is -0.387. The Kier molecular flexibility index (Phi) is 3.27. The summed E-state index contributed by atoms with van der Waals surface area (Å²) in [6.07, 6.45) is 0. The first-order valence-corrected chi connectivity index (χ1v) is 4.49. The minimum Gasteiger partial charge on any atom is -0.370 e. The quantitative estimate of drug-likeness (QED) is 0.461.